The van der Waals surface area contributed by atoms with E-state index in [1.807, 2.05) is 71.0 Å². The Balaban J connectivity index is -0.000000409. The lowest BCUT2D eigenvalue weighted by Crippen LogP contribution is -2.10. The van der Waals surface area contributed by atoms with E-state index in [-0.39, 0.29) is 1.43 Å². The molecule has 0 saturated heterocycles. The summed E-state index contributed by atoms with van der Waals surface area (Å²) in [6.45, 7) is 11.1. The molecule has 100 valence electrons. The molecule has 0 unspecified atom stereocenters. The molecule has 0 aromatic heterocycles. The van der Waals surface area contributed by atoms with Crippen molar-refractivity contribution in [2.45, 2.75) is 34.6 Å². The van der Waals surface area contributed by atoms with Crippen LogP contribution in [0.25, 0.3) is 6.08 Å². The third kappa shape index (κ3) is 9.64. The lowest BCUT2D eigenvalue weighted by molar-refractivity contribution is 0.328. The van der Waals surface area contributed by atoms with Gasteiger partial charge in [0.2, 0.25) is 0 Å². The number of hydrogen-bond donors (Lipinski definition) is 1. The molecule has 1 aromatic carbocycles. The van der Waals surface area contributed by atoms with Gasteiger partial charge < -0.3 is 10.5 Å². The minimum absolute atomic E-state index is 0. The van der Waals surface area contributed by atoms with Gasteiger partial charge in [-0.3, -0.25) is 0 Å². The molecule has 0 aliphatic heterocycles. The second-order valence-electron chi connectivity index (χ2n) is 2.71. The minimum atomic E-state index is 0. The smallest absolute Gasteiger partial charge is 0.119 e. The summed E-state index contributed by atoms with van der Waals surface area (Å²) < 4.78 is 5.38. The van der Waals surface area contributed by atoms with E-state index in [4.69, 9.17) is 10.5 Å². The molecule has 0 bridgehead atoms. The highest BCUT2D eigenvalue weighted by Gasteiger charge is 1.92. The number of benzene rings is 1. The van der Waals surface area contributed by atoms with Crippen LogP contribution < -0.4 is 10.5 Å². The Morgan fingerprint density at radius 1 is 1.24 bits per heavy atom. The molecule has 0 radical (unpaired) electrons. The van der Waals surface area contributed by atoms with Crippen LogP contribution in [0.5, 0.6) is 5.75 Å². The third-order valence-electron chi connectivity index (χ3n) is 1.60. The molecule has 0 fully saturated rings. The average Bonchev–Trinajstić information content (AvgIpc) is 2.42. The minimum Gasteiger partial charge on any atom is -0.492 e. The van der Waals surface area contributed by atoms with Gasteiger partial charge in [-0.25, -0.2) is 0 Å². The summed E-state index contributed by atoms with van der Waals surface area (Å²) in [5.41, 5.74) is 6.48. The van der Waals surface area contributed by atoms with Crippen molar-refractivity contribution >= 4 is 6.08 Å². The Kier molecular flexibility index (Phi) is 15.7. The first kappa shape index (κ1) is 18.1. The molecule has 17 heavy (non-hydrogen) atoms. The maximum Gasteiger partial charge on any atom is 0.119 e. The second-order valence-corrected chi connectivity index (χ2v) is 2.71. The molecule has 0 heterocycles. The van der Waals surface area contributed by atoms with Crippen molar-refractivity contribution in [2.75, 3.05) is 13.2 Å². The topological polar surface area (TPSA) is 35.2 Å². The standard InChI is InChI=1S/C11H15NO.2C2H6.H2/c1-2-4-10-5-3-6-11(9-10)13-8-7-12;2*1-2;/h2-6,9H,7-8,12H2,1H3;2*1-2H3;1H/b4-2+;;;. The summed E-state index contributed by atoms with van der Waals surface area (Å²) >= 11 is 0. The molecule has 2 N–H and O–H groups in total. The molecular formula is C15H29NO. The van der Waals surface area contributed by atoms with Gasteiger partial charge >= 0.3 is 0 Å². The quantitative estimate of drug-likeness (QED) is 0.847. The average molecular weight is 239 g/mol. The summed E-state index contributed by atoms with van der Waals surface area (Å²) in [5.74, 6) is 0.876. The van der Waals surface area contributed by atoms with Gasteiger partial charge in [0.1, 0.15) is 12.4 Å². The van der Waals surface area contributed by atoms with E-state index in [1.54, 1.807) is 0 Å². The fourth-order valence-corrected chi connectivity index (χ4v) is 1.08. The molecule has 0 saturated carbocycles. The van der Waals surface area contributed by atoms with Crippen molar-refractivity contribution in [3.05, 3.63) is 35.9 Å². The first-order valence-corrected chi connectivity index (χ1v) is 6.42. The summed E-state index contributed by atoms with van der Waals surface area (Å²) in [4.78, 5) is 0. The van der Waals surface area contributed by atoms with Crippen LogP contribution in [0, 0.1) is 0 Å². The molecule has 1 aromatic rings. The van der Waals surface area contributed by atoms with Gasteiger partial charge in [0.15, 0.2) is 0 Å². The Morgan fingerprint density at radius 2 is 1.88 bits per heavy atom. The van der Waals surface area contributed by atoms with Crippen molar-refractivity contribution in [1.29, 1.82) is 0 Å². The lowest BCUT2D eigenvalue weighted by atomic mass is 10.2. The maximum atomic E-state index is 5.38. The van der Waals surface area contributed by atoms with Crippen LogP contribution in [0.1, 0.15) is 41.6 Å². The summed E-state index contributed by atoms with van der Waals surface area (Å²) in [6.07, 6.45) is 4.04. The van der Waals surface area contributed by atoms with Crippen molar-refractivity contribution < 1.29 is 6.16 Å². The molecule has 2 heteroatoms. The molecule has 0 aliphatic carbocycles. The van der Waals surface area contributed by atoms with Crippen LogP contribution in [0.4, 0.5) is 0 Å². The summed E-state index contributed by atoms with van der Waals surface area (Å²) in [5, 5.41) is 0. The predicted molar refractivity (Wildman–Crippen MR) is 80.5 cm³/mol. The Labute approximate surface area is 108 Å². The first-order chi connectivity index (χ1) is 8.36. The van der Waals surface area contributed by atoms with E-state index in [2.05, 4.69) is 0 Å². The highest BCUT2D eigenvalue weighted by atomic mass is 16.5. The number of hydrogen-bond acceptors (Lipinski definition) is 2. The molecular weight excluding hydrogens is 210 g/mol. The third-order valence-corrected chi connectivity index (χ3v) is 1.60. The Hall–Kier alpha value is -1.28. The van der Waals surface area contributed by atoms with Gasteiger partial charge in [-0.1, -0.05) is 52.0 Å². The van der Waals surface area contributed by atoms with Gasteiger partial charge in [-0.15, -0.1) is 0 Å². The van der Waals surface area contributed by atoms with Gasteiger partial charge in [-0.05, 0) is 24.6 Å². The van der Waals surface area contributed by atoms with Gasteiger partial charge in [-0.2, -0.15) is 0 Å². The molecule has 0 atom stereocenters. The monoisotopic (exact) mass is 239 g/mol. The predicted octanol–water partition coefficient (Wildman–Crippen LogP) is 4.36. The van der Waals surface area contributed by atoms with Crippen LogP contribution in [0.15, 0.2) is 30.3 Å². The van der Waals surface area contributed by atoms with Crippen LogP contribution in [0.2, 0.25) is 0 Å². The van der Waals surface area contributed by atoms with E-state index >= 15 is 0 Å². The van der Waals surface area contributed by atoms with Crippen LogP contribution in [-0.2, 0) is 0 Å². The Morgan fingerprint density at radius 3 is 2.41 bits per heavy atom. The van der Waals surface area contributed by atoms with Crippen LogP contribution in [-0.4, -0.2) is 13.2 Å². The zero-order chi connectivity index (χ0) is 13.5. The number of nitrogens with two attached hydrogens (primary N) is 1. The lowest BCUT2D eigenvalue weighted by Gasteiger charge is -2.04. The van der Waals surface area contributed by atoms with E-state index in [0.29, 0.717) is 13.2 Å². The van der Waals surface area contributed by atoms with E-state index in [0.717, 1.165) is 11.3 Å². The van der Waals surface area contributed by atoms with E-state index in [1.165, 1.54) is 0 Å². The number of rotatable bonds is 4. The molecule has 0 aliphatic rings. The fraction of sp³-hybridized carbons (Fsp3) is 0.467. The van der Waals surface area contributed by atoms with Crippen LogP contribution in [0.3, 0.4) is 0 Å². The highest BCUT2D eigenvalue weighted by Crippen LogP contribution is 2.13. The second kappa shape index (κ2) is 14.7. The van der Waals surface area contributed by atoms with Gasteiger partial charge in [0, 0.05) is 7.97 Å². The highest BCUT2D eigenvalue weighted by molar-refractivity contribution is 5.51. The fourth-order valence-electron chi connectivity index (χ4n) is 1.08. The molecule has 2 nitrogen and oxygen atoms in total. The summed E-state index contributed by atoms with van der Waals surface area (Å²) in [7, 11) is 0. The van der Waals surface area contributed by atoms with Crippen molar-refractivity contribution in [2.24, 2.45) is 5.73 Å². The van der Waals surface area contributed by atoms with E-state index in [9.17, 15) is 0 Å². The first-order valence-electron chi connectivity index (χ1n) is 6.42. The van der Waals surface area contributed by atoms with E-state index < -0.39 is 0 Å². The molecule has 0 amide bonds. The van der Waals surface area contributed by atoms with Gasteiger partial charge in [0.25, 0.3) is 0 Å². The number of ether oxygens (including phenoxy) is 1. The normalized spacial score (nSPS) is 8.82. The molecule has 1 rings (SSSR count). The van der Waals surface area contributed by atoms with Crippen molar-refractivity contribution in [3.8, 4) is 5.75 Å². The molecule has 0 spiro atoms. The SMILES string of the molecule is C/C=C/c1cccc(OCCN)c1.CC.CC.[HH]. The van der Waals surface area contributed by atoms with Crippen molar-refractivity contribution in [3.63, 3.8) is 0 Å². The largest absolute Gasteiger partial charge is 0.492 e. The maximum absolute atomic E-state index is 5.38. The number of allylic oxidation sites excluding steroid dienone is 1. The van der Waals surface area contributed by atoms with Crippen molar-refractivity contribution in [1.82, 2.24) is 0 Å². The summed E-state index contributed by atoms with van der Waals surface area (Å²) in [6, 6.07) is 7.94. The Bertz CT molecular complexity index is 288. The van der Waals surface area contributed by atoms with Gasteiger partial charge in [0.05, 0.1) is 0 Å². The zero-order valence-corrected chi connectivity index (χ0v) is 11.9. The van der Waals surface area contributed by atoms with Crippen LogP contribution >= 0.6 is 0 Å². The zero-order valence-electron chi connectivity index (χ0n) is 11.9.